The van der Waals surface area contributed by atoms with Crippen molar-refractivity contribution in [3.05, 3.63) is 54.6 Å². The SMILES string of the molecule is COc1ccccc1NC(=O)[C@@H](C)N1CCC[C@H](C(=O)Nc2ccccc2)C1. The predicted octanol–water partition coefficient (Wildman–Crippen LogP) is 3.37. The van der Waals surface area contributed by atoms with Gasteiger partial charge in [-0.2, -0.15) is 0 Å². The molecule has 2 N–H and O–H groups in total. The first-order chi connectivity index (χ1) is 13.6. The lowest BCUT2D eigenvalue weighted by atomic mass is 9.95. The topological polar surface area (TPSA) is 70.7 Å². The largest absolute Gasteiger partial charge is 0.495 e. The lowest BCUT2D eigenvalue weighted by Gasteiger charge is -2.35. The monoisotopic (exact) mass is 381 g/mol. The van der Waals surface area contributed by atoms with Gasteiger partial charge in [0.15, 0.2) is 0 Å². The first kappa shape index (κ1) is 19.9. The second kappa shape index (κ2) is 9.37. The number of benzene rings is 2. The van der Waals surface area contributed by atoms with Crippen molar-refractivity contribution < 1.29 is 14.3 Å². The van der Waals surface area contributed by atoms with Crippen LogP contribution >= 0.6 is 0 Å². The number of anilines is 2. The first-order valence-corrected chi connectivity index (χ1v) is 9.62. The summed E-state index contributed by atoms with van der Waals surface area (Å²) in [4.78, 5) is 27.4. The predicted molar refractivity (Wildman–Crippen MR) is 110 cm³/mol. The number of ether oxygens (including phenoxy) is 1. The average Bonchev–Trinajstić information content (AvgIpc) is 2.74. The number of likely N-dealkylation sites (tertiary alicyclic amines) is 1. The van der Waals surface area contributed by atoms with Crippen LogP contribution in [0.3, 0.4) is 0 Å². The zero-order valence-electron chi connectivity index (χ0n) is 16.4. The molecule has 0 saturated carbocycles. The smallest absolute Gasteiger partial charge is 0.241 e. The van der Waals surface area contributed by atoms with E-state index in [2.05, 4.69) is 15.5 Å². The number of para-hydroxylation sites is 3. The highest BCUT2D eigenvalue weighted by molar-refractivity contribution is 5.96. The number of carbonyl (C=O) groups is 2. The number of nitrogens with zero attached hydrogens (tertiary/aromatic N) is 1. The minimum atomic E-state index is -0.336. The number of rotatable bonds is 6. The first-order valence-electron chi connectivity index (χ1n) is 9.62. The Labute approximate surface area is 165 Å². The molecule has 0 spiro atoms. The summed E-state index contributed by atoms with van der Waals surface area (Å²) in [7, 11) is 1.58. The fourth-order valence-electron chi connectivity index (χ4n) is 3.49. The highest BCUT2D eigenvalue weighted by Gasteiger charge is 2.31. The molecule has 2 amide bonds. The molecule has 0 unspecified atom stereocenters. The normalized spacial score (nSPS) is 18.1. The summed E-state index contributed by atoms with van der Waals surface area (Å²) in [5.41, 5.74) is 1.45. The zero-order valence-corrected chi connectivity index (χ0v) is 16.4. The van der Waals surface area contributed by atoms with Gasteiger partial charge in [-0.1, -0.05) is 30.3 Å². The molecule has 0 bridgehead atoms. The molecule has 1 aliphatic rings. The standard InChI is InChI=1S/C22H27N3O3/c1-16(21(26)24-19-12-6-7-13-20(19)28-2)25-14-8-9-17(15-25)22(27)23-18-10-4-3-5-11-18/h3-7,10-13,16-17H,8-9,14-15H2,1-2H3,(H,23,27)(H,24,26)/t16-,17+/m1/s1. The highest BCUT2D eigenvalue weighted by Crippen LogP contribution is 2.25. The molecular weight excluding hydrogens is 354 g/mol. The van der Waals surface area contributed by atoms with Crippen LogP contribution in [0.5, 0.6) is 5.75 Å². The van der Waals surface area contributed by atoms with Crippen LogP contribution in [0.4, 0.5) is 11.4 Å². The molecular formula is C22H27N3O3. The summed E-state index contributed by atoms with van der Waals surface area (Å²) < 4.78 is 5.30. The van der Waals surface area contributed by atoms with Crippen LogP contribution in [-0.4, -0.2) is 43.0 Å². The maximum absolute atomic E-state index is 12.7. The summed E-state index contributed by atoms with van der Waals surface area (Å²) in [6, 6.07) is 16.5. The quantitative estimate of drug-likeness (QED) is 0.805. The van der Waals surface area contributed by atoms with Gasteiger partial charge < -0.3 is 15.4 Å². The molecule has 2 aromatic carbocycles. The second-order valence-electron chi connectivity index (χ2n) is 7.05. The van der Waals surface area contributed by atoms with Crippen LogP contribution in [0.15, 0.2) is 54.6 Å². The van der Waals surface area contributed by atoms with Crippen molar-refractivity contribution in [2.75, 3.05) is 30.8 Å². The summed E-state index contributed by atoms with van der Waals surface area (Å²) in [5, 5.41) is 5.91. The molecule has 6 nitrogen and oxygen atoms in total. The van der Waals surface area contributed by atoms with E-state index in [1.807, 2.05) is 61.5 Å². The Morgan fingerprint density at radius 1 is 1.07 bits per heavy atom. The van der Waals surface area contributed by atoms with Crippen molar-refractivity contribution >= 4 is 23.2 Å². The van der Waals surface area contributed by atoms with E-state index < -0.39 is 0 Å². The number of methoxy groups -OCH3 is 1. The van der Waals surface area contributed by atoms with E-state index in [1.54, 1.807) is 7.11 Å². The van der Waals surface area contributed by atoms with Gasteiger partial charge in [-0.15, -0.1) is 0 Å². The molecule has 0 aromatic heterocycles. The lowest BCUT2D eigenvalue weighted by Crippen LogP contribution is -2.49. The van der Waals surface area contributed by atoms with Crippen molar-refractivity contribution in [2.45, 2.75) is 25.8 Å². The molecule has 1 aliphatic heterocycles. The molecule has 148 valence electrons. The van der Waals surface area contributed by atoms with Gasteiger partial charge in [-0.3, -0.25) is 14.5 Å². The minimum Gasteiger partial charge on any atom is -0.495 e. The average molecular weight is 381 g/mol. The van der Waals surface area contributed by atoms with Gasteiger partial charge in [0.05, 0.1) is 24.8 Å². The summed E-state index contributed by atoms with van der Waals surface area (Å²) in [5.74, 6) is 0.402. The second-order valence-corrected chi connectivity index (χ2v) is 7.05. The van der Waals surface area contributed by atoms with Gasteiger partial charge in [0, 0.05) is 12.2 Å². The molecule has 1 heterocycles. The van der Waals surface area contributed by atoms with Gasteiger partial charge in [-0.25, -0.2) is 0 Å². The van der Waals surface area contributed by atoms with E-state index in [4.69, 9.17) is 4.74 Å². The fraction of sp³-hybridized carbons (Fsp3) is 0.364. The number of piperidine rings is 1. The molecule has 2 aromatic rings. The van der Waals surface area contributed by atoms with Crippen LogP contribution < -0.4 is 15.4 Å². The Kier molecular flexibility index (Phi) is 6.66. The highest BCUT2D eigenvalue weighted by atomic mass is 16.5. The molecule has 1 saturated heterocycles. The van der Waals surface area contributed by atoms with E-state index in [1.165, 1.54) is 0 Å². The van der Waals surface area contributed by atoms with Gasteiger partial charge >= 0.3 is 0 Å². The summed E-state index contributed by atoms with van der Waals surface area (Å²) in [6.07, 6.45) is 1.72. The molecule has 1 fully saturated rings. The van der Waals surface area contributed by atoms with Crippen LogP contribution in [0.1, 0.15) is 19.8 Å². The van der Waals surface area contributed by atoms with E-state index in [-0.39, 0.29) is 23.8 Å². The fourth-order valence-corrected chi connectivity index (χ4v) is 3.49. The number of hydrogen-bond donors (Lipinski definition) is 2. The van der Waals surface area contributed by atoms with Crippen molar-refractivity contribution in [2.24, 2.45) is 5.92 Å². The van der Waals surface area contributed by atoms with Crippen molar-refractivity contribution in [3.63, 3.8) is 0 Å². The molecule has 0 radical (unpaired) electrons. The van der Waals surface area contributed by atoms with Crippen LogP contribution in [0, 0.1) is 5.92 Å². The summed E-state index contributed by atoms with van der Waals surface area (Å²) in [6.45, 7) is 3.25. The van der Waals surface area contributed by atoms with E-state index >= 15 is 0 Å². The van der Waals surface area contributed by atoms with Crippen molar-refractivity contribution in [1.82, 2.24) is 4.90 Å². The third-order valence-corrected chi connectivity index (χ3v) is 5.16. The van der Waals surface area contributed by atoms with Crippen molar-refractivity contribution in [3.8, 4) is 5.75 Å². The molecule has 28 heavy (non-hydrogen) atoms. The number of hydrogen-bond acceptors (Lipinski definition) is 4. The van der Waals surface area contributed by atoms with Gasteiger partial charge in [0.1, 0.15) is 5.75 Å². The third kappa shape index (κ3) is 4.89. The Morgan fingerprint density at radius 3 is 2.54 bits per heavy atom. The van der Waals surface area contributed by atoms with E-state index in [9.17, 15) is 9.59 Å². The molecule has 2 atom stereocenters. The Hall–Kier alpha value is -2.86. The van der Waals surface area contributed by atoms with Crippen LogP contribution in [0.2, 0.25) is 0 Å². The van der Waals surface area contributed by atoms with Gasteiger partial charge in [0.25, 0.3) is 0 Å². The van der Waals surface area contributed by atoms with Crippen LogP contribution in [0.25, 0.3) is 0 Å². The lowest BCUT2D eigenvalue weighted by molar-refractivity contribution is -0.125. The zero-order chi connectivity index (χ0) is 19.9. The van der Waals surface area contributed by atoms with Gasteiger partial charge in [-0.05, 0) is 50.6 Å². The Bertz CT molecular complexity index is 810. The summed E-state index contributed by atoms with van der Waals surface area (Å²) >= 11 is 0. The number of carbonyl (C=O) groups excluding carboxylic acids is 2. The molecule has 3 rings (SSSR count). The number of amides is 2. The minimum absolute atomic E-state index is 0.00763. The van der Waals surface area contributed by atoms with Crippen molar-refractivity contribution in [1.29, 1.82) is 0 Å². The van der Waals surface area contributed by atoms with Gasteiger partial charge in [0.2, 0.25) is 11.8 Å². The van der Waals surface area contributed by atoms with E-state index in [0.717, 1.165) is 25.1 Å². The Morgan fingerprint density at radius 2 is 1.79 bits per heavy atom. The maximum atomic E-state index is 12.7. The van der Waals surface area contributed by atoms with Crippen LogP contribution in [-0.2, 0) is 9.59 Å². The Balaban J connectivity index is 1.59. The van der Waals surface area contributed by atoms with E-state index in [0.29, 0.717) is 18.0 Å². The third-order valence-electron chi connectivity index (χ3n) is 5.16. The number of nitrogens with one attached hydrogen (secondary N) is 2. The molecule has 6 heteroatoms. The molecule has 0 aliphatic carbocycles. The maximum Gasteiger partial charge on any atom is 0.241 e.